The highest BCUT2D eigenvalue weighted by molar-refractivity contribution is 6.35. The third-order valence-electron chi connectivity index (χ3n) is 3.43. The monoisotopic (exact) mass is 289 g/mol. The van der Waals surface area contributed by atoms with Gasteiger partial charge in [-0.05, 0) is 65.4 Å². The van der Waals surface area contributed by atoms with Crippen LogP contribution >= 0.6 is 23.2 Å². The van der Waals surface area contributed by atoms with E-state index in [1.165, 1.54) is 16.7 Å². The predicted octanol–water partition coefficient (Wildman–Crippen LogP) is 5.06. The van der Waals surface area contributed by atoms with Gasteiger partial charge in [-0.3, -0.25) is 0 Å². The van der Waals surface area contributed by atoms with Gasteiger partial charge in [0.15, 0.2) is 0 Å². The fourth-order valence-electron chi connectivity index (χ4n) is 2.49. The zero-order valence-electron chi connectivity index (χ0n) is 10.3. The Labute approximate surface area is 122 Å². The number of anilines is 1. The normalized spacial score (nSPS) is 15.8. The SMILES string of the molecule is Nc1ccc2c(c1)CCC2=Cc1ccc(Cl)cc1Cl. The van der Waals surface area contributed by atoms with Crippen LogP contribution in [0.25, 0.3) is 11.6 Å². The van der Waals surface area contributed by atoms with E-state index in [1.54, 1.807) is 6.07 Å². The number of nitrogens with two attached hydrogens (primary N) is 1. The second kappa shape index (κ2) is 4.92. The van der Waals surface area contributed by atoms with Crippen molar-refractivity contribution in [3.8, 4) is 0 Å². The topological polar surface area (TPSA) is 26.0 Å². The van der Waals surface area contributed by atoms with Crippen LogP contribution < -0.4 is 5.73 Å². The van der Waals surface area contributed by atoms with Crippen molar-refractivity contribution in [2.24, 2.45) is 0 Å². The Hall–Kier alpha value is -1.44. The van der Waals surface area contributed by atoms with Gasteiger partial charge >= 0.3 is 0 Å². The van der Waals surface area contributed by atoms with E-state index in [0.29, 0.717) is 10.0 Å². The third kappa shape index (κ3) is 2.49. The van der Waals surface area contributed by atoms with Gasteiger partial charge in [0, 0.05) is 15.7 Å². The molecule has 0 unspecified atom stereocenters. The third-order valence-corrected chi connectivity index (χ3v) is 3.99. The molecule has 2 N–H and O–H groups in total. The summed E-state index contributed by atoms with van der Waals surface area (Å²) in [6.45, 7) is 0. The molecule has 3 rings (SSSR count). The molecular weight excluding hydrogens is 277 g/mol. The van der Waals surface area contributed by atoms with Gasteiger partial charge in [-0.2, -0.15) is 0 Å². The molecule has 19 heavy (non-hydrogen) atoms. The van der Waals surface area contributed by atoms with E-state index in [2.05, 4.69) is 18.2 Å². The molecule has 1 aliphatic carbocycles. The number of rotatable bonds is 1. The van der Waals surface area contributed by atoms with E-state index in [1.807, 2.05) is 18.2 Å². The molecular formula is C16H13Cl2N. The number of fused-ring (bicyclic) bond motifs is 1. The van der Waals surface area contributed by atoms with Gasteiger partial charge in [-0.15, -0.1) is 0 Å². The molecule has 2 aromatic rings. The first-order chi connectivity index (χ1) is 9.13. The molecule has 0 bridgehead atoms. The minimum absolute atomic E-state index is 0.659. The number of allylic oxidation sites excluding steroid dienone is 1. The van der Waals surface area contributed by atoms with Crippen LogP contribution in [0.3, 0.4) is 0 Å². The lowest BCUT2D eigenvalue weighted by atomic mass is 10.0. The average Bonchev–Trinajstić information content (AvgIpc) is 2.75. The van der Waals surface area contributed by atoms with Gasteiger partial charge < -0.3 is 5.73 Å². The molecule has 0 atom stereocenters. The van der Waals surface area contributed by atoms with Crippen molar-refractivity contribution in [3.63, 3.8) is 0 Å². The van der Waals surface area contributed by atoms with Crippen molar-refractivity contribution in [2.45, 2.75) is 12.8 Å². The fraction of sp³-hybridized carbons (Fsp3) is 0.125. The molecule has 2 aromatic carbocycles. The summed E-state index contributed by atoms with van der Waals surface area (Å²) < 4.78 is 0. The highest BCUT2D eigenvalue weighted by Crippen LogP contribution is 2.36. The second-order valence-corrected chi connectivity index (χ2v) is 5.60. The van der Waals surface area contributed by atoms with Crippen LogP contribution in [0.2, 0.25) is 10.0 Å². The molecule has 0 radical (unpaired) electrons. The van der Waals surface area contributed by atoms with Crippen molar-refractivity contribution >= 4 is 40.5 Å². The van der Waals surface area contributed by atoms with Gasteiger partial charge in [0.05, 0.1) is 0 Å². The van der Waals surface area contributed by atoms with Crippen LogP contribution in [0.5, 0.6) is 0 Å². The summed E-state index contributed by atoms with van der Waals surface area (Å²) in [5.41, 5.74) is 11.5. The summed E-state index contributed by atoms with van der Waals surface area (Å²) in [5, 5.41) is 1.34. The lowest BCUT2D eigenvalue weighted by Gasteiger charge is -2.04. The Morgan fingerprint density at radius 2 is 1.84 bits per heavy atom. The molecule has 0 fully saturated rings. The van der Waals surface area contributed by atoms with Crippen LogP contribution in [-0.2, 0) is 6.42 Å². The number of hydrogen-bond donors (Lipinski definition) is 1. The largest absolute Gasteiger partial charge is 0.399 e. The van der Waals surface area contributed by atoms with Crippen molar-refractivity contribution < 1.29 is 0 Å². The van der Waals surface area contributed by atoms with Gasteiger partial charge in [-0.25, -0.2) is 0 Å². The first kappa shape index (κ1) is 12.6. The molecule has 1 nitrogen and oxygen atoms in total. The van der Waals surface area contributed by atoms with Gasteiger partial charge in [0.25, 0.3) is 0 Å². The summed E-state index contributed by atoms with van der Waals surface area (Å²) in [6, 6.07) is 11.7. The van der Waals surface area contributed by atoms with Gasteiger partial charge in [0.2, 0.25) is 0 Å². The molecule has 0 saturated heterocycles. The maximum Gasteiger partial charge on any atom is 0.0493 e. The Kier molecular flexibility index (Phi) is 3.26. The minimum atomic E-state index is 0.659. The summed E-state index contributed by atoms with van der Waals surface area (Å²) in [6.07, 6.45) is 4.20. The van der Waals surface area contributed by atoms with Crippen LogP contribution in [0, 0.1) is 0 Å². The minimum Gasteiger partial charge on any atom is -0.399 e. The van der Waals surface area contributed by atoms with E-state index < -0.39 is 0 Å². The molecule has 3 heteroatoms. The smallest absolute Gasteiger partial charge is 0.0493 e. The predicted molar refractivity (Wildman–Crippen MR) is 83.5 cm³/mol. The average molecular weight is 290 g/mol. The Bertz CT molecular complexity index is 674. The van der Waals surface area contributed by atoms with E-state index >= 15 is 0 Å². The summed E-state index contributed by atoms with van der Waals surface area (Å²) >= 11 is 12.1. The molecule has 0 saturated carbocycles. The lowest BCUT2D eigenvalue weighted by Crippen LogP contribution is -1.87. The van der Waals surface area contributed by atoms with Crippen LogP contribution in [-0.4, -0.2) is 0 Å². The molecule has 1 aliphatic rings. The van der Waals surface area contributed by atoms with Crippen molar-refractivity contribution in [3.05, 3.63) is 63.1 Å². The molecule has 96 valence electrons. The van der Waals surface area contributed by atoms with E-state index in [4.69, 9.17) is 28.9 Å². The number of hydrogen-bond acceptors (Lipinski definition) is 1. The maximum absolute atomic E-state index is 6.21. The van der Waals surface area contributed by atoms with Crippen molar-refractivity contribution in [2.75, 3.05) is 5.73 Å². The first-order valence-corrected chi connectivity index (χ1v) is 6.93. The van der Waals surface area contributed by atoms with Crippen LogP contribution in [0.15, 0.2) is 36.4 Å². The zero-order chi connectivity index (χ0) is 13.4. The maximum atomic E-state index is 6.21. The lowest BCUT2D eigenvalue weighted by molar-refractivity contribution is 1.08. The highest BCUT2D eigenvalue weighted by atomic mass is 35.5. The van der Waals surface area contributed by atoms with Crippen molar-refractivity contribution in [1.29, 1.82) is 0 Å². The van der Waals surface area contributed by atoms with E-state index in [-0.39, 0.29) is 0 Å². The summed E-state index contributed by atoms with van der Waals surface area (Å²) in [7, 11) is 0. The molecule has 0 spiro atoms. The number of aryl methyl sites for hydroxylation is 1. The van der Waals surface area contributed by atoms with Gasteiger partial charge in [-0.1, -0.05) is 35.3 Å². The van der Waals surface area contributed by atoms with E-state index in [0.717, 1.165) is 24.1 Å². The first-order valence-electron chi connectivity index (χ1n) is 6.18. The number of halogens is 2. The number of benzene rings is 2. The number of nitrogen functional groups attached to an aromatic ring is 1. The van der Waals surface area contributed by atoms with Crippen LogP contribution in [0.4, 0.5) is 5.69 Å². The molecule has 0 aromatic heterocycles. The molecule has 0 amide bonds. The highest BCUT2D eigenvalue weighted by Gasteiger charge is 2.16. The summed E-state index contributed by atoms with van der Waals surface area (Å²) in [4.78, 5) is 0. The summed E-state index contributed by atoms with van der Waals surface area (Å²) in [5.74, 6) is 0. The fourth-order valence-corrected chi connectivity index (χ4v) is 2.96. The standard InChI is InChI=1S/C16H13Cl2N/c17-13-4-3-12(16(18)9-13)7-10-1-2-11-8-14(19)5-6-15(10)11/h3-9H,1-2,19H2. The Morgan fingerprint density at radius 3 is 2.63 bits per heavy atom. The molecule has 0 heterocycles. The molecule has 0 aliphatic heterocycles. The quantitative estimate of drug-likeness (QED) is 0.730. The van der Waals surface area contributed by atoms with Crippen molar-refractivity contribution in [1.82, 2.24) is 0 Å². The Morgan fingerprint density at radius 1 is 1.00 bits per heavy atom. The second-order valence-electron chi connectivity index (χ2n) is 4.75. The van der Waals surface area contributed by atoms with Crippen LogP contribution in [0.1, 0.15) is 23.1 Å². The van der Waals surface area contributed by atoms with E-state index in [9.17, 15) is 0 Å². The zero-order valence-corrected chi connectivity index (χ0v) is 11.8. The Balaban J connectivity index is 2.03. The van der Waals surface area contributed by atoms with Gasteiger partial charge in [0.1, 0.15) is 0 Å².